The molecule has 4 aliphatic rings. The van der Waals surface area contributed by atoms with E-state index in [0.717, 1.165) is 31.2 Å². The standard InChI is InChI=1S/C29H36N2O5S/c1-3-11-19(2)30-16-10-15-29-24(23-22(37-29)14-8-5-9-17-36-28(23)35)26(33)31(25(29)27(30)34)21(18-32)20-12-6-4-7-13-20/h4,6-8,10,12-15,19,21-25,32H,3,5,9,11,16-18H2,1-2H3/b14-8-/t19?,21-,22-,23+,24+,25?,29+/m1/s1. The molecule has 0 aromatic heterocycles. The molecule has 0 radical (unpaired) electrons. The second-order valence-electron chi connectivity index (χ2n) is 10.5. The number of ether oxygens (including phenoxy) is 1. The van der Waals surface area contributed by atoms with Crippen LogP contribution in [0.2, 0.25) is 0 Å². The van der Waals surface area contributed by atoms with Gasteiger partial charge >= 0.3 is 5.97 Å². The van der Waals surface area contributed by atoms with Gasteiger partial charge in [0.1, 0.15) is 6.04 Å². The van der Waals surface area contributed by atoms with Crippen LogP contribution in [0, 0.1) is 11.8 Å². The van der Waals surface area contributed by atoms with Gasteiger partial charge in [-0.3, -0.25) is 14.4 Å². The van der Waals surface area contributed by atoms with Gasteiger partial charge in [-0.05, 0) is 31.7 Å². The zero-order valence-corrected chi connectivity index (χ0v) is 22.3. The number of thioether (sulfide) groups is 1. The van der Waals surface area contributed by atoms with Crippen molar-refractivity contribution in [3.05, 3.63) is 60.2 Å². The number of benzene rings is 1. The number of hydrogen-bond acceptors (Lipinski definition) is 6. The van der Waals surface area contributed by atoms with E-state index in [0.29, 0.717) is 13.2 Å². The number of aliphatic hydroxyl groups excluding tert-OH is 1. The lowest BCUT2D eigenvalue weighted by molar-refractivity contribution is -0.153. The largest absolute Gasteiger partial charge is 0.465 e. The first-order valence-corrected chi connectivity index (χ1v) is 14.3. The number of esters is 1. The van der Waals surface area contributed by atoms with Crippen molar-refractivity contribution in [2.45, 2.75) is 67.7 Å². The van der Waals surface area contributed by atoms with E-state index < -0.39 is 28.7 Å². The van der Waals surface area contributed by atoms with Gasteiger partial charge in [0.25, 0.3) is 0 Å². The third-order valence-corrected chi connectivity index (χ3v) is 10.00. The lowest BCUT2D eigenvalue weighted by Crippen LogP contribution is -2.55. The van der Waals surface area contributed by atoms with Crippen LogP contribution < -0.4 is 0 Å². The number of fused-ring (bicyclic) bond motifs is 2. The number of cyclic esters (lactones) is 1. The minimum atomic E-state index is -0.922. The zero-order valence-electron chi connectivity index (χ0n) is 21.5. The normalized spacial score (nSPS) is 33.9. The van der Waals surface area contributed by atoms with Crippen molar-refractivity contribution < 1.29 is 24.2 Å². The molecule has 37 heavy (non-hydrogen) atoms. The van der Waals surface area contributed by atoms with Crippen LogP contribution in [0.5, 0.6) is 0 Å². The molecule has 1 N–H and O–H groups in total. The Morgan fingerprint density at radius 3 is 2.68 bits per heavy atom. The van der Waals surface area contributed by atoms with E-state index in [2.05, 4.69) is 13.0 Å². The van der Waals surface area contributed by atoms with Crippen LogP contribution in [0.3, 0.4) is 0 Å². The summed E-state index contributed by atoms with van der Waals surface area (Å²) in [6.07, 6.45) is 11.5. The molecule has 0 bridgehead atoms. The average molecular weight is 525 g/mol. The van der Waals surface area contributed by atoms with E-state index in [4.69, 9.17) is 4.74 Å². The number of amides is 2. The summed E-state index contributed by atoms with van der Waals surface area (Å²) in [4.78, 5) is 45.7. The van der Waals surface area contributed by atoms with Crippen LogP contribution in [-0.4, -0.2) is 74.5 Å². The molecular formula is C29H36N2O5S. The summed E-state index contributed by atoms with van der Waals surface area (Å²) >= 11 is 1.54. The van der Waals surface area contributed by atoms with Crippen molar-refractivity contribution in [3.8, 4) is 0 Å². The molecule has 5 rings (SSSR count). The summed E-state index contributed by atoms with van der Waals surface area (Å²) in [7, 11) is 0. The Hall–Kier alpha value is -2.58. The number of carbonyl (C=O) groups is 3. The molecule has 1 spiro atoms. The van der Waals surface area contributed by atoms with Crippen molar-refractivity contribution in [1.82, 2.24) is 9.80 Å². The fourth-order valence-electron chi connectivity index (χ4n) is 6.55. The summed E-state index contributed by atoms with van der Waals surface area (Å²) in [6, 6.07) is 7.84. The molecule has 0 aliphatic carbocycles. The Balaban J connectivity index is 1.66. The number of likely N-dealkylation sites (tertiary alicyclic amines) is 1. The predicted molar refractivity (Wildman–Crippen MR) is 143 cm³/mol. The third-order valence-electron chi connectivity index (χ3n) is 8.25. The summed E-state index contributed by atoms with van der Waals surface area (Å²) < 4.78 is 4.71. The Kier molecular flexibility index (Phi) is 7.50. The Morgan fingerprint density at radius 1 is 1.16 bits per heavy atom. The van der Waals surface area contributed by atoms with Gasteiger partial charge in [0.2, 0.25) is 11.8 Å². The van der Waals surface area contributed by atoms with Crippen LogP contribution in [0.15, 0.2) is 54.6 Å². The number of carbonyl (C=O) groups excluding carboxylic acids is 3. The van der Waals surface area contributed by atoms with E-state index in [9.17, 15) is 19.5 Å². The monoisotopic (exact) mass is 524 g/mol. The van der Waals surface area contributed by atoms with E-state index in [1.165, 1.54) is 0 Å². The summed E-state index contributed by atoms with van der Waals surface area (Å²) in [6.45, 7) is 4.60. The number of hydrogen-bond donors (Lipinski definition) is 1. The smallest absolute Gasteiger partial charge is 0.311 e. The molecule has 1 aromatic carbocycles. The van der Waals surface area contributed by atoms with Crippen molar-refractivity contribution in [1.29, 1.82) is 0 Å². The summed E-state index contributed by atoms with van der Waals surface area (Å²) in [5.74, 6) is -2.19. The number of allylic oxidation sites excluding steroid dienone is 1. The van der Waals surface area contributed by atoms with Gasteiger partial charge in [-0.2, -0.15) is 0 Å². The lowest BCUT2D eigenvalue weighted by Gasteiger charge is -2.40. The highest BCUT2D eigenvalue weighted by atomic mass is 32.2. The van der Waals surface area contributed by atoms with E-state index in [1.807, 2.05) is 60.4 Å². The van der Waals surface area contributed by atoms with Gasteiger partial charge in [-0.15, -0.1) is 11.8 Å². The highest BCUT2D eigenvalue weighted by molar-refractivity contribution is 8.02. The van der Waals surface area contributed by atoms with Crippen LogP contribution >= 0.6 is 11.8 Å². The summed E-state index contributed by atoms with van der Waals surface area (Å²) in [5.41, 5.74) is 0.765. The highest BCUT2D eigenvalue weighted by Crippen LogP contribution is 2.62. The van der Waals surface area contributed by atoms with Crippen molar-refractivity contribution in [3.63, 3.8) is 0 Å². The lowest BCUT2D eigenvalue weighted by atomic mass is 9.78. The Labute approximate surface area is 222 Å². The van der Waals surface area contributed by atoms with Gasteiger partial charge in [0.15, 0.2) is 0 Å². The van der Waals surface area contributed by atoms with Crippen molar-refractivity contribution >= 4 is 29.5 Å². The molecule has 7 atom stereocenters. The maximum absolute atomic E-state index is 14.4. The minimum absolute atomic E-state index is 0.00561. The van der Waals surface area contributed by atoms with Crippen LogP contribution in [-0.2, 0) is 19.1 Å². The molecular weight excluding hydrogens is 488 g/mol. The molecule has 2 unspecified atom stereocenters. The molecule has 2 fully saturated rings. The molecule has 4 aliphatic heterocycles. The maximum atomic E-state index is 14.4. The first-order valence-electron chi connectivity index (χ1n) is 13.4. The zero-order chi connectivity index (χ0) is 26.2. The Bertz CT molecular complexity index is 1090. The summed E-state index contributed by atoms with van der Waals surface area (Å²) in [5, 5.41) is 10.3. The van der Waals surface area contributed by atoms with E-state index >= 15 is 0 Å². The van der Waals surface area contributed by atoms with Gasteiger partial charge < -0.3 is 19.6 Å². The molecule has 8 heteroatoms. The average Bonchev–Trinajstić information content (AvgIpc) is 3.30. The third kappa shape index (κ3) is 4.32. The van der Waals surface area contributed by atoms with E-state index in [1.54, 1.807) is 16.7 Å². The molecule has 198 valence electrons. The molecule has 2 saturated heterocycles. The van der Waals surface area contributed by atoms with Gasteiger partial charge in [0.05, 0.1) is 35.8 Å². The molecule has 1 aromatic rings. The predicted octanol–water partition coefficient (Wildman–Crippen LogP) is 3.50. The number of rotatable bonds is 6. The fourth-order valence-corrected chi connectivity index (χ4v) is 8.53. The van der Waals surface area contributed by atoms with Gasteiger partial charge in [-0.25, -0.2) is 0 Å². The fraction of sp³-hybridized carbons (Fsp3) is 0.552. The Morgan fingerprint density at radius 2 is 1.95 bits per heavy atom. The highest BCUT2D eigenvalue weighted by Gasteiger charge is 2.71. The van der Waals surface area contributed by atoms with Crippen LogP contribution in [0.4, 0.5) is 0 Å². The second-order valence-corrected chi connectivity index (χ2v) is 12.0. The first kappa shape index (κ1) is 26.0. The molecule has 4 heterocycles. The maximum Gasteiger partial charge on any atom is 0.311 e. The number of aliphatic hydroxyl groups is 1. The molecule has 2 amide bonds. The van der Waals surface area contributed by atoms with Crippen LogP contribution in [0.25, 0.3) is 0 Å². The second kappa shape index (κ2) is 10.7. The molecule has 7 nitrogen and oxygen atoms in total. The SMILES string of the molecule is CCCC(C)N1CC=C[C@]23S[C@@H]4/C=C\CCCOC(=O)[C@@H]4[C@H]2C(=O)N([C@H](CO)c2ccccc2)C3C1=O. The van der Waals surface area contributed by atoms with Gasteiger partial charge in [-0.1, -0.05) is 68.0 Å². The molecule has 0 saturated carbocycles. The van der Waals surface area contributed by atoms with E-state index in [-0.39, 0.29) is 35.7 Å². The quantitative estimate of drug-likeness (QED) is 0.453. The van der Waals surface area contributed by atoms with Gasteiger partial charge in [0, 0.05) is 17.8 Å². The number of nitrogens with zero attached hydrogens (tertiary/aromatic N) is 2. The van der Waals surface area contributed by atoms with Crippen LogP contribution in [0.1, 0.15) is 51.1 Å². The van der Waals surface area contributed by atoms with Crippen molar-refractivity contribution in [2.24, 2.45) is 11.8 Å². The minimum Gasteiger partial charge on any atom is -0.465 e. The first-order chi connectivity index (χ1) is 17.9. The van der Waals surface area contributed by atoms with Crippen molar-refractivity contribution in [2.75, 3.05) is 19.8 Å². The topological polar surface area (TPSA) is 87.2 Å².